The number of nitrogens with two attached hydrogens (primary N) is 2. The summed E-state index contributed by atoms with van der Waals surface area (Å²) in [4.78, 5) is 11.7. The Bertz CT molecular complexity index is 330. The molecule has 0 atom stereocenters. The lowest BCUT2D eigenvalue weighted by molar-refractivity contribution is 1.14. The number of hydrogen-bond acceptors (Lipinski definition) is 5. The maximum Gasteiger partial charge on any atom is 0.222 e. The summed E-state index contributed by atoms with van der Waals surface area (Å²) in [5.74, 6) is 1.41. The zero-order chi connectivity index (χ0) is 7.84. The van der Waals surface area contributed by atoms with Crippen molar-refractivity contribution in [2.24, 2.45) is 10.7 Å². The number of hydrogen-bond donors (Lipinski definition) is 2. The fourth-order valence-corrected chi connectivity index (χ4v) is 1.00. The molecule has 2 heterocycles. The molecule has 0 aliphatic carbocycles. The Labute approximate surface area is 63.2 Å². The maximum absolute atomic E-state index is 5.48. The van der Waals surface area contributed by atoms with Gasteiger partial charge in [-0.3, -0.25) is 0 Å². The van der Waals surface area contributed by atoms with Crippen LogP contribution in [0.5, 0.6) is 0 Å². The zero-order valence-electron chi connectivity index (χ0n) is 5.78. The predicted molar refractivity (Wildman–Crippen MR) is 41.4 cm³/mol. The third-order valence-corrected chi connectivity index (χ3v) is 1.48. The van der Waals surface area contributed by atoms with Gasteiger partial charge in [-0.15, -0.1) is 0 Å². The van der Waals surface area contributed by atoms with Crippen molar-refractivity contribution in [3.05, 3.63) is 11.8 Å². The van der Waals surface area contributed by atoms with E-state index in [9.17, 15) is 0 Å². The van der Waals surface area contributed by atoms with Crippen LogP contribution in [0.2, 0.25) is 0 Å². The highest BCUT2D eigenvalue weighted by atomic mass is 15.1. The molecule has 0 unspecified atom stereocenters. The summed E-state index contributed by atoms with van der Waals surface area (Å²) in [7, 11) is 0. The molecule has 0 fully saturated rings. The van der Waals surface area contributed by atoms with Crippen LogP contribution in [0.4, 0.5) is 11.8 Å². The summed E-state index contributed by atoms with van der Waals surface area (Å²) >= 11 is 0. The number of anilines is 1. The van der Waals surface area contributed by atoms with Crippen LogP contribution >= 0.6 is 0 Å². The first-order valence-corrected chi connectivity index (χ1v) is 3.20. The highest BCUT2D eigenvalue weighted by Crippen LogP contribution is 2.21. The van der Waals surface area contributed by atoms with Gasteiger partial charge >= 0.3 is 0 Å². The monoisotopic (exact) mass is 149 g/mol. The van der Waals surface area contributed by atoms with E-state index in [2.05, 4.69) is 15.0 Å². The zero-order valence-corrected chi connectivity index (χ0v) is 5.78. The Hall–Kier alpha value is -1.65. The van der Waals surface area contributed by atoms with Crippen molar-refractivity contribution in [2.75, 3.05) is 5.73 Å². The topological polar surface area (TPSA) is 90.2 Å². The highest BCUT2D eigenvalue weighted by molar-refractivity contribution is 5.89. The van der Waals surface area contributed by atoms with Gasteiger partial charge < -0.3 is 11.5 Å². The van der Waals surface area contributed by atoms with E-state index in [0.29, 0.717) is 18.1 Å². The fraction of sp³-hybridized carbons (Fsp3) is 0.167. The normalized spacial score (nSPS) is 14.4. The number of nitrogens with zero attached hydrogens (tertiary/aromatic N) is 3. The second-order valence-electron chi connectivity index (χ2n) is 2.36. The molecule has 2 rings (SSSR count). The molecule has 1 aromatic rings. The van der Waals surface area contributed by atoms with Gasteiger partial charge in [0.25, 0.3) is 0 Å². The minimum absolute atomic E-state index is 0.238. The Morgan fingerprint density at radius 2 is 2.18 bits per heavy atom. The smallest absolute Gasteiger partial charge is 0.222 e. The summed E-state index contributed by atoms with van der Waals surface area (Å²) in [6.45, 7) is 0. The number of amidine groups is 1. The lowest BCUT2D eigenvalue weighted by atomic mass is 10.2. The van der Waals surface area contributed by atoms with Gasteiger partial charge in [-0.05, 0) is 0 Å². The largest absolute Gasteiger partial charge is 0.387 e. The summed E-state index contributed by atoms with van der Waals surface area (Å²) in [5, 5.41) is 0. The Kier molecular flexibility index (Phi) is 1.06. The molecule has 56 valence electrons. The van der Waals surface area contributed by atoms with Gasteiger partial charge in [-0.2, -0.15) is 4.98 Å². The summed E-state index contributed by atoms with van der Waals surface area (Å²) in [6.07, 6.45) is 2.29. The van der Waals surface area contributed by atoms with Crippen LogP contribution < -0.4 is 11.5 Å². The minimum atomic E-state index is 0.238. The van der Waals surface area contributed by atoms with Crippen molar-refractivity contribution < 1.29 is 0 Å². The second kappa shape index (κ2) is 1.91. The van der Waals surface area contributed by atoms with Crippen LogP contribution in [0.1, 0.15) is 5.56 Å². The van der Waals surface area contributed by atoms with Gasteiger partial charge in [0.1, 0.15) is 5.84 Å². The van der Waals surface area contributed by atoms with Gasteiger partial charge in [0.15, 0.2) is 5.82 Å². The average molecular weight is 149 g/mol. The first kappa shape index (κ1) is 6.09. The van der Waals surface area contributed by atoms with Crippen LogP contribution in [0.15, 0.2) is 11.2 Å². The number of aliphatic imine (C=N–C) groups is 1. The maximum atomic E-state index is 5.48. The molecule has 0 saturated heterocycles. The molecule has 4 N–H and O–H groups in total. The van der Waals surface area contributed by atoms with E-state index >= 15 is 0 Å². The van der Waals surface area contributed by atoms with Gasteiger partial charge in [0.05, 0.1) is 0 Å². The van der Waals surface area contributed by atoms with E-state index in [1.54, 1.807) is 6.20 Å². The van der Waals surface area contributed by atoms with E-state index in [0.717, 1.165) is 5.56 Å². The Morgan fingerprint density at radius 3 is 3.00 bits per heavy atom. The first-order valence-electron chi connectivity index (χ1n) is 3.20. The van der Waals surface area contributed by atoms with E-state index < -0.39 is 0 Å². The summed E-state index contributed by atoms with van der Waals surface area (Å²) < 4.78 is 0. The number of rotatable bonds is 0. The van der Waals surface area contributed by atoms with Crippen molar-refractivity contribution in [3.8, 4) is 0 Å². The van der Waals surface area contributed by atoms with Crippen molar-refractivity contribution in [3.63, 3.8) is 0 Å². The van der Waals surface area contributed by atoms with Crippen molar-refractivity contribution in [2.45, 2.75) is 6.42 Å². The fourth-order valence-electron chi connectivity index (χ4n) is 1.00. The van der Waals surface area contributed by atoms with Gasteiger partial charge in [-0.1, -0.05) is 0 Å². The van der Waals surface area contributed by atoms with Crippen molar-refractivity contribution >= 4 is 17.6 Å². The predicted octanol–water partition coefficient (Wildman–Crippen LogP) is -0.396. The molecule has 11 heavy (non-hydrogen) atoms. The highest BCUT2D eigenvalue weighted by Gasteiger charge is 2.13. The van der Waals surface area contributed by atoms with Crippen molar-refractivity contribution in [1.82, 2.24) is 9.97 Å². The number of fused-ring (bicyclic) bond motifs is 1. The third kappa shape index (κ3) is 0.899. The van der Waals surface area contributed by atoms with Gasteiger partial charge in [0, 0.05) is 18.2 Å². The molecule has 0 amide bonds. The molecule has 5 heteroatoms. The van der Waals surface area contributed by atoms with Crippen molar-refractivity contribution in [1.29, 1.82) is 0 Å². The molecule has 0 aromatic carbocycles. The van der Waals surface area contributed by atoms with E-state index in [1.165, 1.54) is 0 Å². The summed E-state index contributed by atoms with van der Waals surface area (Å²) in [6, 6.07) is 0. The molecule has 0 radical (unpaired) electrons. The molecular weight excluding hydrogens is 142 g/mol. The van der Waals surface area contributed by atoms with Crippen LogP contribution in [0.3, 0.4) is 0 Å². The summed E-state index contributed by atoms with van der Waals surface area (Å²) in [5.41, 5.74) is 11.8. The van der Waals surface area contributed by atoms with Crippen LogP contribution in [-0.4, -0.2) is 15.8 Å². The Morgan fingerprint density at radius 1 is 1.36 bits per heavy atom. The Balaban J connectivity index is 2.54. The molecule has 0 bridgehead atoms. The second-order valence-corrected chi connectivity index (χ2v) is 2.36. The van der Waals surface area contributed by atoms with E-state index in [1.807, 2.05) is 0 Å². The lowest BCUT2D eigenvalue weighted by Gasteiger charge is -1.94. The van der Waals surface area contributed by atoms with E-state index in [-0.39, 0.29) is 5.95 Å². The van der Waals surface area contributed by atoms with Crippen LogP contribution in [0.25, 0.3) is 0 Å². The van der Waals surface area contributed by atoms with Crippen LogP contribution in [-0.2, 0) is 6.42 Å². The number of nitrogen functional groups attached to an aromatic ring is 1. The lowest BCUT2D eigenvalue weighted by Crippen LogP contribution is -2.09. The van der Waals surface area contributed by atoms with Crippen LogP contribution in [0, 0.1) is 0 Å². The first-order chi connectivity index (χ1) is 5.25. The molecule has 5 nitrogen and oxygen atoms in total. The average Bonchev–Trinajstić information content (AvgIpc) is 2.27. The van der Waals surface area contributed by atoms with Gasteiger partial charge in [-0.25, -0.2) is 9.98 Å². The minimum Gasteiger partial charge on any atom is -0.387 e. The van der Waals surface area contributed by atoms with Gasteiger partial charge in [0.2, 0.25) is 5.95 Å². The molecule has 1 aliphatic heterocycles. The molecule has 0 spiro atoms. The number of aromatic nitrogens is 2. The molecular formula is C6H7N5. The standard InChI is InChI=1S/C6H7N5/c7-4-1-3-2-9-6(8)11-5(3)10-4/h2H,1H2,(H4,7,8,9,10,11). The quantitative estimate of drug-likeness (QED) is 0.525. The molecule has 0 saturated carbocycles. The van der Waals surface area contributed by atoms with E-state index in [4.69, 9.17) is 11.5 Å². The SMILES string of the molecule is NC1=Nc2nc(N)ncc2C1. The molecule has 1 aliphatic rings. The molecule has 1 aromatic heterocycles. The third-order valence-electron chi connectivity index (χ3n) is 1.48.